The molecule has 1 rings (SSSR count). The van der Waals surface area contributed by atoms with Gasteiger partial charge in [0, 0.05) is 12.4 Å². The first-order chi connectivity index (χ1) is 8.61. The zero-order valence-electron chi connectivity index (χ0n) is 10.7. The van der Waals surface area contributed by atoms with Crippen LogP contribution in [0.2, 0.25) is 0 Å². The predicted molar refractivity (Wildman–Crippen MR) is 62.8 cm³/mol. The minimum absolute atomic E-state index is 0.189. The Morgan fingerprint density at radius 3 is 2.06 bits per heavy atom. The molecule has 0 aliphatic rings. The molecule has 0 amide bonds. The third-order valence-electron chi connectivity index (χ3n) is 2.24. The Hall–Kier alpha value is -1.98. The molecule has 0 N–H and O–H groups in total. The van der Waals surface area contributed by atoms with Crippen molar-refractivity contribution in [1.82, 2.24) is 9.97 Å². The number of hydrogen-bond acceptors (Lipinski definition) is 6. The molecule has 0 atom stereocenters. The summed E-state index contributed by atoms with van der Waals surface area (Å²) in [6.45, 7) is 5.39. The fraction of sp³-hybridized carbons (Fsp3) is 0.500. The second kappa shape index (κ2) is 6.68. The molecule has 1 aromatic heterocycles. The number of ether oxygens (including phenoxy) is 2. The maximum atomic E-state index is 11.8. The molecule has 98 valence electrons. The summed E-state index contributed by atoms with van der Waals surface area (Å²) >= 11 is 0. The number of aromatic nitrogens is 2. The van der Waals surface area contributed by atoms with Crippen molar-refractivity contribution in [3.8, 4) is 0 Å². The average Bonchev–Trinajstić information content (AvgIpc) is 2.33. The SMILES string of the molecule is CCOC(=O)C(C(=O)OCC)c1nccnc1C. The van der Waals surface area contributed by atoms with E-state index in [1.165, 1.54) is 12.4 Å². The molecule has 0 aliphatic heterocycles. The summed E-state index contributed by atoms with van der Waals surface area (Å²) in [5.41, 5.74) is 0.776. The van der Waals surface area contributed by atoms with Crippen LogP contribution >= 0.6 is 0 Å². The first-order valence-corrected chi connectivity index (χ1v) is 5.72. The van der Waals surface area contributed by atoms with Gasteiger partial charge in [-0.25, -0.2) is 0 Å². The molecule has 0 spiro atoms. The van der Waals surface area contributed by atoms with Gasteiger partial charge >= 0.3 is 11.9 Å². The van der Waals surface area contributed by atoms with E-state index in [4.69, 9.17) is 9.47 Å². The van der Waals surface area contributed by atoms with Gasteiger partial charge in [0.2, 0.25) is 0 Å². The van der Waals surface area contributed by atoms with Crippen LogP contribution in [0.5, 0.6) is 0 Å². The lowest BCUT2D eigenvalue weighted by atomic mass is 10.0. The van der Waals surface area contributed by atoms with Crippen molar-refractivity contribution in [2.24, 2.45) is 0 Å². The zero-order chi connectivity index (χ0) is 13.5. The van der Waals surface area contributed by atoms with E-state index in [2.05, 4.69) is 9.97 Å². The maximum Gasteiger partial charge on any atom is 0.326 e. The molecular formula is C12H16N2O4. The van der Waals surface area contributed by atoms with Gasteiger partial charge in [0.05, 0.1) is 24.6 Å². The predicted octanol–water partition coefficient (Wildman–Crippen LogP) is 0.995. The Morgan fingerprint density at radius 2 is 1.61 bits per heavy atom. The van der Waals surface area contributed by atoms with E-state index in [-0.39, 0.29) is 18.9 Å². The van der Waals surface area contributed by atoms with Crippen molar-refractivity contribution < 1.29 is 19.1 Å². The smallest absolute Gasteiger partial charge is 0.326 e. The van der Waals surface area contributed by atoms with Crippen molar-refractivity contribution >= 4 is 11.9 Å². The van der Waals surface area contributed by atoms with Crippen molar-refractivity contribution in [3.63, 3.8) is 0 Å². The Bertz CT molecular complexity index is 416. The van der Waals surface area contributed by atoms with E-state index in [1.54, 1.807) is 20.8 Å². The monoisotopic (exact) mass is 252 g/mol. The molecule has 0 bridgehead atoms. The lowest BCUT2D eigenvalue weighted by Gasteiger charge is -2.14. The highest BCUT2D eigenvalue weighted by Crippen LogP contribution is 2.19. The van der Waals surface area contributed by atoms with Crippen LogP contribution in [0.25, 0.3) is 0 Å². The van der Waals surface area contributed by atoms with E-state index < -0.39 is 17.9 Å². The number of esters is 2. The highest BCUT2D eigenvalue weighted by atomic mass is 16.6. The van der Waals surface area contributed by atoms with Crippen LogP contribution in [0, 0.1) is 6.92 Å². The van der Waals surface area contributed by atoms with E-state index in [1.807, 2.05) is 0 Å². The molecule has 0 unspecified atom stereocenters. The first-order valence-electron chi connectivity index (χ1n) is 5.72. The third-order valence-corrected chi connectivity index (χ3v) is 2.24. The summed E-state index contributed by atoms with van der Waals surface area (Å²) in [6.07, 6.45) is 2.92. The molecule has 1 heterocycles. The second-order valence-corrected chi connectivity index (χ2v) is 3.46. The van der Waals surface area contributed by atoms with Crippen LogP contribution in [0.3, 0.4) is 0 Å². The van der Waals surface area contributed by atoms with Crippen LogP contribution in [-0.2, 0) is 19.1 Å². The second-order valence-electron chi connectivity index (χ2n) is 3.46. The van der Waals surface area contributed by atoms with Crippen molar-refractivity contribution in [1.29, 1.82) is 0 Å². The first kappa shape index (κ1) is 14.1. The molecule has 18 heavy (non-hydrogen) atoms. The molecule has 6 nitrogen and oxygen atoms in total. The van der Waals surface area contributed by atoms with Crippen LogP contribution in [0.1, 0.15) is 31.2 Å². The number of nitrogens with zero attached hydrogens (tertiary/aromatic N) is 2. The number of rotatable bonds is 5. The highest BCUT2D eigenvalue weighted by molar-refractivity contribution is 6.00. The van der Waals surface area contributed by atoms with E-state index in [0.717, 1.165) is 0 Å². The highest BCUT2D eigenvalue weighted by Gasteiger charge is 2.34. The minimum Gasteiger partial charge on any atom is -0.465 e. The zero-order valence-corrected chi connectivity index (χ0v) is 10.7. The van der Waals surface area contributed by atoms with Gasteiger partial charge in [-0.15, -0.1) is 0 Å². The molecular weight excluding hydrogens is 236 g/mol. The molecule has 0 aliphatic carbocycles. The standard InChI is InChI=1S/C12H16N2O4/c1-4-17-11(15)9(12(16)18-5-2)10-8(3)13-6-7-14-10/h6-7,9H,4-5H2,1-3H3. The molecule has 1 aromatic rings. The van der Waals surface area contributed by atoms with Gasteiger partial charge in [0.1, 0.15) is 0 Å². The largest absolute Gasteiger partial charge is 0.465 e. The quantitative estimate of drug-likeness (QED) is 0.574. The lowest BCUT2D eigenvalue weighted by Crippen LogP contribution is -2.28. The molecule has 6 heteroatoms. The van der Waals surface area contributed by atoms with Gasteiger partial charge in [-0.2, -0.15) is 0 Å². The van der Waals surface area contributed by atoms with E-state index >= 15 is 0 Å². The number of aryl methyl sites for hydroxylation is 1. The van der Waals surface area contributed by atoms with Crippen LogP contribution in [0.15, 0.2) is 12.4 Å². The normalized spacial score (nSPS) is 10.2. The summed E-state index contributed by atoms with van der Waals surface area (Å²) in [4.78, 5) is 31.7. The van der Waals surface area contributed by atoms with Gasteiger partial charge in [-0.05, 0) is 20.8 Å². The number of hydrogen-bond donors (Lipinski definition) is 0. The Labute approximate surface area is 105 Å². The molecule has 0 saturated heterocycles. The third kappa shape index (κ3) is 3.26. The Kier molecular flexibility index (Phi) is 5.23. The molecule has 0 aromatic carbocycles. The summed E-state index contributed by atoms with van der Waals surface area (Å²) in [7, 11) is 0. The van der Waals surface area contributed by atoms with Gasteiger partial charge in [0.15, 0.2) is 5.92 Å². The van der Waals surface area contributed by atoms with E-state index in [9.17, 15) is 9.59 Å². The minimum atomic E-state index is -1.17. The number of carbonyl (C=O) groups is 2. The van der Waals surface area contributed by atoms with Crippen LogP contribution < -0.4 is 0 Å². The molecule has 0 fully saturated rings. The summed E-state index contributed by atoms with van der Waals surface area (Å²) in [5.74, 6) is -2.50. The summed E-state index contributed by atoms with van der Waals surface area (Å²) in [5, 5.41) is 0. The average molecular weight is 252 g/mol. The molecule has 0 saturated carbocycles. The van der Waals surface area contributed by atoms with Crippen LogP contribution in [-0.4, -0.2) is 35.1 Å². The maximum absolute atomic E-state index is 11.8. The Morgan fingerprint density at radius 1 is 1.11 bits per heavy atom. The van der Waals surface area contributed by atoms with E-state index in [0.29, 0.717) is 5.69 Å². The van der Waals surface area contributed by atoms with Gasteiger partial charge in [0.25, 0.3) is 0 Å². The summed E-state index contributed by atoms with van der Waals surface area (Å²) < 4.78 is 9.75. The fourth-order valence-electron chi connectivity index (χ4n) is 1.47. The van der Waals surface area contributed by atoms with Gasteiger partial charge < -0.3 is 9.47 Å². The topological polar surface area (TPSA) is 78.4 Å². The van der Waals surface area contributed by atoms with Gasteiger partial charge in [-0.3, -0.25) is 19.6 Å². The Balaban J connectivity index is 3.08. The van der Waals surface area contributed by atoms with Crippen molar-refractivity contribution in [3.05, 3.63) is 23.8 Å². The summed E-state index contributed by atoms with van der Waals surface area (Å²) in [6, 6.07) is 0. The number of carbonyl (C=O) groups excluding carboxylic acids is 2. The van der Waals surface area contributed by atoms with Crippen molar-refractivity contribution in [2.75, 3.05) is 13.2 Å². The van der Waals surface area contributed by atoms with Crippen LogP contribution in [0.4, 0.5) is 0 Å². The van der Waals surface area contributed by atoms with Gasteiger partial charge in [-0.1, -0.05) is 0 Å². The lowest BCUT2D eigenvalue weighted by molar-refractivity contribution is -0.157. The van der Waals surface area contributed by atoms with Crippen molar-refractivity contribution in [2.45, 2.75) is 26.7 Å². The molecule has 0 radical (unpaired) electrons. The fourth-order valence-corrected chi connectivity index (χ4v) is 1.47.